The van der Waals surface area contributed by atoms with Crippen molar-refractivity contribution in [2.45, 2.75) is 0 Å². The molecule has 0 bridgehead atoms. The molecule has 0 amide bonds. The van der Waals surface area contributed by atoms with Crippen molar-refractivity contribution in [2.75, 3.05) is 0 Å². The summed E-state index contributed by atoms with van der Waals surface area (Å²) in [5.74, 6) is 0. The van der Waals surface area contributed by atoms with Gasteiger partial charge in [-0.25, -0.2) is 0 Å². The molecular formula is H6CaO4S2. The van der Waals surface area contributed by atoms with Gasteiger partial charge in [-0.3, -0.25) is 9.11 Å². The van der Waals surface area contributed by atoms with E-state index >= 15 is 0 Å². The fraction of sp³-hybridized carbons (Fsp3) is 0. The second kappa shape index (κ2) is 5.61. The van der Waals surface area contributed by atoms with Crippen LogP contribution in [0.3, 0.4) is 0 Å². The van der Waals surface area contributed by atoms with Gasteiger partial charge in [-0.15, -0.1) is 0 Å². The van der Waals surface area contributed by atoms with Crippen molar-refractivity contribution in [2.24, 2.45) is 0 Å². The number of rotatable bonds is 0. The van der Waals surface area contributed by atoms with Crippen LogP contribution in [-0.4, -0.2) is 55.3 Å². The molecule has 0 saturated carbocycles. The summed E-state index contributed by atoms with van der Waals surface area (Å²) in [7, 11) is -4.67. The van der Waals surface area contributed by atoms with E-state index in [2.05, 4.69) is 0 Å². The van der Waals surface area contributed by atoms with Crippen LogP contribution in [0.25, 0.3) is 0 Å². The van der Waals surface area contributed by atoms with Gasteiger partial charge in [-0.05, 0) is 0 Å². The van der Waals surface area contributed by atoms with Crippen LogP contribution >= 0.6 is 13.5 Å². The van der Waals surface area contributed by atoms with Crippen LogP contribution in [0.5, 0.6) is 0 Å². The predicted molar refractivity (Wildman–Crippen MR) is 33.1 cm³/mol. The average molecular weight is 174 g/mol. The molecular weight excluding hydrogens is 168 g/mol. The van der Waals surface area contributed by atoms with Crippen molar-refractivity contribution in [1.29, 1.82) is 0 Å². The van der Waals surface area contributed by atoms with Crippen molar-refractivity contribution in [3.05, 3.63) is 0 Å². The Bertz CT molecular complexity index is 92.9. The molecule has 0 heterocycles. The normalized spacial score (nSPS) is 8.29. The quantitative estimate of drug-likeness (QED) is 0.348. The second-order valence-electron chi connectivity index (χ2n) is 0.448. The molecule has 0 aromatic rings. The molecule has 7 heteroatoms. The van der Waals surface area contributed by atoms with Crippen LogP contribution in [-0.2, 0) is 10.4 Å². The molecule has 0 aromatic carbocycles. The number of hydrogen-bond donors (Lipinski definition) is 2. The van der Waals surface area contributed by atoms with Gasteiger partial charge in [0, 0.05) is 0 Å². The van der Waals surface area contributed by atoms with E-state index in [1.807, 2.05) is 0 Å². The minimum atomic E-state index is -4.67. The van der Waals surface area contributed by atoms with Crippen molar-refractivity contribution in [1.82, 2.24) is 0 Å². The molecule has 0 saturated heterocycles. The molecule has 0 aliphatic rings. The predicted octanol–water partition coefficient (Wildman–Crippen LogP) is -1.46. The monoisotopic (exact) mass is 174 g/mol. The van der Waals surface area contributed by atoms with Gasteiger partial charge in [0.05, 0.1) is 0 Å². The van der Waals surface area contributed by atoms with E-state index in [4.69, 9.17) is 17.5 Å². The van der Waals surface area contributed by atoms with E-state index in [9.17, 15) is 0 Å². The zero-order valence-corrected chi connectivity index (χ0v) is 4.44. The Labute approximate surface area is 78.3 Å². The molecule has 0 rings (SSSR count). The van der Waals surface area contributed by atoms with Crippen LogP contribution in [0.2, 0.25) is 0 Å². The molecule has 0 aliphatic carbocycles. The van der Waals surface area contributed by atoms with Crippen LogP contribution in [0.1, 0.15) is 0 Å². The molecule has 44 valence electrons. The molecule has 0 fully saturated rings. The van der Waals surface area contributed by atoms with Gasteiger partial charge >= 0.3 is 48.1 Å². The van der Waals surface area contributed by atoms with Crippen molar-refractivity contribution in [3.63, 3.8) is 0 Å². The summed E-state index contributed by atoms with van der Waals surface area (Å²) in [6.07, 6.45) is 0. The van der Waals surface area contributed by atoms with Crippen molar-refractivity contribution < 1.29 is 17.5 Å². The third-order valence-corrected chi connectivity index (χ3v) is 0. The van der Waals surface area contributed by atoms with Crippen molar-refractivity contribution >= 4 is 61.6 Å². The van der Waals surface area contributed by atoms with E-state index < -0.39 is 10.4 Å². The molecule has 0 aromatic heterocycles. The fourth-order valence-corrected chi connectivity index (χ4v) is 0. The first-order valence-electron chi connectivity index (χ1n) is 0.698. The first-order chi connectivity index (χ1) is 2.00. The maximum atomic E-state index is 8.74. The molecule has 0 spiro atoms. The van der Waals surface area contributed by atoms with Gasteiger partial charge in [0.2, 0.25) is 0 Å². The summed E-state index contributed by atoms with van der Waals surface area (Å²) in [5.41, 5.74) is 0. The first kappa shape index (κ1) is 15.8. The van der Waals surface area contributed by atoms with Gasteiger partial charge in [0.25, 0.3) is 0 Å². The van der Waals surface area contributed by atoms with Crippen molar-refractivity contribution in [3.8, 4) is 0 Å². The Hall–Kier alpha value is 1.48. The molecule has 0 unspecified atom stereocenters. The molecule has 0 aliphatic heterocycles. The number of hydrogen-bond acceptors (Lipinski definition) is 2. The zero-order valence-electron chi connectivity index (χ0n) is 2.62. The van der Waals surface area contributed by atoms with Gasteiger partial charge in [0.15, 0.2) is 0 Å². The molecule has 0 radical (unpaired) electrons. The first-order valence-corrected chi connectivity index (χ1v) is 2.10. The fourth-order valence-electron chi connectivity index (χ4n) is 0. The SMILES string of the molecule is O=S(=O)(O)O.S.[CaH2]. The molecule has 0 atom stereocenters. The van der Waals surface area contributed by atoms with Gasteiger partial charge < -0.3 is 0 Å². The summed E-state index contributed by atoms with van der Waals surface area (Å²) in [6.45, 7) is 0. The molecule has 7 heavy (non-hydrogen) atoms. The van der Waals surface area contributed by atoms with E-state index in [1.54, 1.807) is 0 Å². The average Bonchev–Trinajstić information content (AvgIpc) is 0.722. The summed E-state index contributed by atoms with van der Waals surface area (Å²) in [6, 6.07) is 0. The van der Waals surface area contributed by atoms with Gasteiger partial charge in [-0.1, -0.05) is 0 Å². The Morgan fingerprint density at radius 1 is 1.14 bits per heavy atom. The topological polar surface area (TPSA) is 74.6 Å². The van der Waals surface area contributed by atoms with E-state index in [-0.39, 0.29) is 51.2 Å². The summed E-state index contributed by atoms with van der Waals surface area (Å²) < 4.78 is 31.6. The van der Waals surface area contributed by atoms with Crippen LogP contribution in [0.4, 0.5) is 0 Å². The van der Waals surface area contributed by atoms with Crippen LogP contribution < -0.4 is 0 Å². The Morgan fingerprint density at radius 3 is 1.14 bits per heavy atom. The Morgan fingerprint density at radius 2 is 1.14 bits per heavy atom. The molecule has 4 nitrogen and oxygen atoms in total. The standard InChI is InChI=1S/Ca.H2O4S.H2S.2H/c;1-5(2,3)4;;;/h;(H2,1,2,3,4);1H2;;. The van der Waals surface area contributed by atoms with E-state index in [0.29, 0.717) is 0 Å². The van der Waals surface area contributed by atoms with E-state index in [0.717, 1.165) is 0 Å². The Kier molecular flexibility index (Phi) is 12.7. The third kappa shape index (κ3) is 103. The maximum absolute atomic E-state index is 8.74. The van der Waals surface area contributed by atoms with Crippen LogP contribution in [0, 0.1) is 0 Å². The third-order valence-electron chi connectivity index (χ3n) is 0. The summed E-state index contributed by atoms with van der Waals surface area (Å²) in [5, 5.41) is 0. The molecule has 2 N–H and O–H groups in total. The van der Waals surface area contributed by atoms with E-state index in [1.165, 1.54) is 0 Å². The Balaban J connectivity index is -0.0000000800. The van der Waals surface area contributed by atoms with Crippen LogP contribution in [0.15, 0.2) is 0 Å². The van der Waals surface area contributed by atoms with Gasteiger partial charge in [0.1, 0.15) is 0 Å². The second-order valence-corrected chi connectivity index (χ2v) is 1.34. The summed E-state index contributed by atoms with van der Waals surface area (Å²) in [4.78, 5) is 0. The van der Waals surface area contributed by atoms with Gasteiger partial charge in [-0.2, -0.15) is 21.9 Å². The minimum absolute atomic E-state index is 0. The summed E-state index contributed by atoms with van der Waals surface area (Å²) >= 11 is 0. The zero-order chi connectivity index (χ0) is 4.50.